The Labute approximate surface area is 104 Å². The van der Waals surface area contributed by atoms with Gasteiger partial charge in [-0.15, -0.1) is 0 Å². The third kappa shape index (κ3) is 5.04. The zero-order chi connectivity index (χ0) is 11.1. The molecule has 0 spiro atoms. The summed E-state index contributed by atoms with van der Waals surface area (Å²) in [6.07, 6.45) is 0. The molecule has 1 heterocycles. The van der Waals surface area contributed by atoms with Gasteiger partial charge >= 0.3 is 0 Å². The van der Waals surface area contributed by atoms with Crippen LogP contribution in [0.2, 0.25) is 0 Å². The Morgan fingerprint density at radius 1 is 1.47 bits per heavy atom. The molecule has 0 fully saturated rings. The lowest BCUT2D eigenvalue weighted by Gasteiger charge is -2.16. The summed E-state index contributed by atoms with van der Waals surface area (Å²) in [6, 6.07) is 1.92. The predicted molar refractivity (Wildman–Crippen MR) is 68.2 cm³/mol. The molecule has 0 unspecified atom stereocenters. The molecule has 0 aliphatic carbocycles. The Morgan fingerprint density at radius 3 is 2.73 bits per heavy atom. The van der Waals surface area contributed by atoms with Gasteiger partial charge in [-0.25, -0.2) is 0 Å². The number of halogens is 1. The van der Waals surface area contributed by atoms with Gasteiger partial charge < -0.3 is 9.42 Å². The number of nitrogens with zero attached hydrogens (tertiary/aromatic N) is 2. The number of hydrogen-bond donors (Lipinski definition) is 0. The van der Waals surface area contributed by atoms with Crippen molar-refractivity contribution in [2.24, 2.45) is 0 Å². The van der Waals surface area contributed by atoms with Gasteiger partial charge in [0.25, 0.3) is 0 Å². The first-order valence-electron chi connectivity index (χ1n) is 5.17. The molecular weight excluding hydrogens is 276 g/mol. The Hall–Kier alpha value is -0.0000000000000000555. The minimum Gasteiger partial charge on any atom is -0.359 e. The standard InChI is InChI=1S/C10H17BrN2OS/c1-3-13(4-2)5-6-15-8-9-7-10(11)12-14-9/h7H,3-6,8H2,1-2H3. The van der Waals surface area contributed by atoms with Gasteiger partial charge in [0.1, 0.15) is 10.4 Å². The first-order valence-corrected chi connectivity index (χ1v) is 7.12. The van der Waals surface area contributed by atoms with Crippen molar-refractivity contribution in [1.29, 1.82) is 0 Å². The third-order valence-corrected chi connectivity index (χ3v) is 3.55. The van der Waals surface area contributed by atoms with Crippen LogP contribution in [0.5, 0.6) is 0 Å². The molecule has 1 rings (SSSR count). The van der Waals surface area contributed by atoms with Crippen molar-refractivity contribution in [3.05, 3.63) is 16.4 Å². The highest BCUT2D eigenvalue weighted by atomic mass is 79.9. The maximum absolute atomic E-state index is 5.09. The molecule has 0 saturated heterocycles. The molecule has 0 aliphatic heterocycles. The maximum Gasteiger partial charge on any atom is 0.149 e. The van der Waals surface area contributed by atoms with Gasteiger partial charge in [-0.05, 0) is 29.0 Å². The van der Waals surface area contributed by atoms with E-state index in [9.17, 15) is 0 Å². The van der Waals surface area contributed by atoms with Gasteiger partial charge in [-0.1, -0.05) is 19.0 Å². The van der Waals surface area contributed by atoms with E-state index in [-0.39, 0.29) is 0 Å². The molecule has 0 radical (unpaired) electrons. The topological polar surface area (TPSA) is 29.3 Å². The van der Waals surface area contributed by atoms with E-state index in [1.807, 2.05) is 17.8 Å². The lowest BCUT2D eigenvalue weighted by molar-refractivity contribution is 0.323. The lowest BCUT2D eigenvalue weighted by Crippen LogP contribution is -2.25. The van der Waals surface area contributed by atoms with Crippen molar-refractivity contribution in [3.8, 4) is 0 Å². The molecule has 0 aromatic carbocycles. The van der Waals surface area contributed by atoms with Crippen LogP contribution < -0.4 is 0 Å². The lowest BCUT2D eigenvalue weighted by atomic mass is 10.5. The number of aromatic nitrogens is 1. The van der Waals surface area contributed by atoms with Crippen molar-refractivity contribution in [2.45, 2.75) is 19.6 Å². The smallest absolute Gasteiger partial charge is 0.149 e. The summed E-state index contributed by atoms with van der Waals surface area (Å²) >= 11 is 5.15. The molecule has 3 nitrogen and oxygen atoms in total. The van der Waals surface area contributed by atoms with Crippen LogP contribution >= 0.6 is 27.7 Å². The van der Waals surface area contributed by atoms with Crippen LogP contribution in [-0.2, 0) is 5.75 Å². The summed E-state index contributed by atoms with van der Waals surface area (Å²) in [4.78, 5) is 2.42. The van der Waals surface area contributed by atoms with Crippen molar-refractivity contribution < 1.29 is 4.52 Å². The average molecular weight is 293 g/mol. The van der Waals surface area contributed by atoms with E-state index in [1.165, 1.54) is 0 Å². The highest BCUT2D eigenvalue weighted by molar-refractivity contribution is 9.10. The largest absolute Gasteiger partial charge is 0.359 e. The zero-order valence-electron chi connectivity index (χ0n) is 9.20. The van der Waals surface area contributed by atoms with Crippen LogP contribution in [0.25, 0.3) is 0 Å². The van der Waals surface area contributed by atoms with Crippen molar-refractivity contribution >= 4 is 27.7 Å². The summed E-state index contributed by atoms with van der Waals surface area (Å²) < 4.78 is 5.87. The molecule has 0 amide bonds. The van der Waals surface area contributed by atoms with E-state index < -0.39 is 0 Å². The predicted octanol–water partition coefficient (Wildman–Crippen LogP) is 3.01. The summed E-state index contributed by atoms with van der Waals surface area (Å²) in [5.41, 5.74) is 0. The first-order chi connectivity index (χ1) is 7.26. The number of rotatable bonds is 7. The van der Waals surface area contributed by atoms with Gasteiger partial charge in [-0.2, -0.15) is 11.8 Å². The average Bonchev–Trinajstić information content (AvgIpc) is 2.65. The fourth-order valence-electron chi connectivity index (χ4n) is 1.26. The highest BCUT2D eigenvalue weighted by Gasteiger charge is 2.02. The Bertz CT molecular complexity index is 276. The second-order valence-electron chi connectivity index (χ2n) is 3.20. The third-order valence-electron chi connectivity index (χ3n) is 2.22. The van der Waals surface area contributed by atoms with E-state index in [1.54, 1.807) is 0 Å². The first kappa shape index (κ1) is 13.1. The molecule has 0 atom stereocenters. The highest BCUT2D eigenvalue weighted by Crippen LogP contribution is 2.16. The van der Waals surface area contributed by atoms with Gasteiger partial charge in [0, 0.05) is 18.4 Å². The van der Waals surface area contributed by atoms with Crippen LogP contribution in [0.1, 0.15) is 19.6 Å². The Kier molecular flexibility index (Phi) is 6.36. The SMILES string of the molecule is CCN(CC)CCSCc1cc(Br)no1. The monoisotopic (exact) mass is 292 g/mol. The van der Waals surface area contributed by atoms with Crippen LogP contribution in [-0.4, -0.2) is 35.4 Å². The second-order valence-corrected chi connectivity index (χ2v) is 5.11. The van der Waals surface area contributed by atoms with Crippen LogP contribution in [0, 0.1) is 0 Å². The van der Waals surface area contributed by atoms with Gasteiger partial charge in [0.2, 0.25) is 0 Å². The Morgan fingerprint density at radius 2 is 2.20 bits per heavy atom. The van der Waals surface area contributed by atoms with Gasteiger partial charge in [-0.3, -0.25) is 0 Å². The van der Waals surface area contributed by atoms with Gasteiger partial charge in [0.05, 0.1) is 5.75 Å². The fourth-order valence-corrected chi connectivity index (χ4v) is 2.46. The molecular formula is C10H17BrN2OS. The molecule has 15 heavy (non-hydrogen) atoms. The minimum absolute atomic E-state index is 0.779. The Balaban J connectivity index is 2.11. The number of hydrogen-bond acceptors (Lipinski definition) is 4. The molecule has 1 aromatic heterocycles. The van der Waals surface area contributed by atoms with Crippen LogP contribution in [0.3, 0.4) is 0 Å². The fraction of sp³-hybridized carbons (Fsp3) is 0.700. The maximum atomic E-state index is 5.09. The quantitative estimate of drug-likeness (QED) is 0.723. The summed E-state index contributed by atoms with van der Waals surface area (Å²) in [7, 11) is 0. The zero-order valence-corrected chi connectivity index (χ0v) is 11.6. The van der Waals surface area contributed by atoms with Crippen LogP contribution in [0.15, 0.2) is 15.2 Å². The van der Waals surface area contributed by atoms with Crippen molar-refractivity contribution in [1.82, 2.24) is 10.1 Å². The molecule has 0 saturated carbocycles. The van der Waals surface area contributed by atoms with Gasteiger partial charge in [0.15, 0.2) is 0 Å². The summed E-state index contributed by atoms with van der Waals surface area (Å²) in [5, 5.41) is 3.78. The molecule has 1 aromatic rings. The number of thioether (sulfide) groups is 1. The molecule has 0 aliphatic rings. The molecule has 0 bridgehead atoms. The van der Waals surface area contributed by atoms with Crippen molar-refractivity contribution in [2.75, 3.05) is 25.4 Å². The van der Waals surface area contributed by atoms with E-state index in [0.717, 1.165) is 41.5 Å². The normalized spacial score (nSPS) is 11.2. The van der Waals surface area contributed by atoms with E-state index in [2.05, 4.69) is 39.8 Å². The molecule has 5 heteroatoms. The summed E-state index contributed by atoms with van der Waals surface area (Å²) in [6.45, 7) is 7.80. The minimum atomic E-state index is 0.779. The van der Waals surface area contributed by atoms with E-state index >= 15 is 0 Å². The molecule has 86 valence electrons. The molecule has 0 N–H and O–H groups in total. The van der Waals surface area contributed by atoms with E-state index in [0.29, 0.717) is 0 Å². The van der Waals surface area contributed by atoms with Crippen molar-refractivity contribution in [3.63, 3.8) is 0 Å². The second kappa shape index (κ2) is 7.30. The van der Waals surface area contributed by atoms with E-state index in [4.69, 9.17) is 4.52 Å². The summed E-state index contributed by atoms with van der Waals surface area (Å²) in [5.74, 6) is 2.98. The van der Waals surface area contributed by atoms with Crippen LogP contribution in [0.4, 0.5) is 0 Å².